The number of amides is 1. The number of anilines is 1. The van der Waals surface area contributed by atoms with Crippen LogP contribution in [0.25, 0.3) is 5.76 Å². The highest BCUT2D eigenvalue weighted by molar-refractivity contribution is 9.10. The average molecular weight is 634 g/mol. The second-order valence-corrected chi connectivity index (χ2v) is 11.0. The maximum absolute atomic E-state index is 13.5. The van der Waals surface area contributed by atoms with Crippen LogP contribution in [-0.4, -0.2) is 34.4 Å². The minimum absolute atomic E-state index is 0.0826. The number of halogens is 1. The molecule has 1 unspecified atom stereocenters. The first-order valence-corrected chi connectivity index (χ1v) is 14.4. The van der Waals surface area contributed by atoms with Crippen LogP contribution in [0.2, 0.25) is 0 Å². The number of ketones is 1. The number of thiazole rings is 1. The molecule has 4 aromatic rings. The fourth-order valence-electron chi connectivity index (χ4n) is 4.47. The van der Waals surface area contributed by atoms with Crippen LogP contribution in [0.1, 0.15) is 45.0 Å². The molecule has 1 N–H and O–H groups in total. The predicted molar refractivity (Wildman–Crippen MR) is 159 cm³/mol. The van der Waals surface area contributed by atoms with E-state index in [9.17, 15) is 19.5 Å². The summed E-state index contributed by atoms with van der Waals surface area (Å²) in [4.78, 5) is 45.3. The van der Waals surface area contributed by atoms with Crippen LogP contribution >= 0.6 is 27.3 Å². The van der Waals surface area contributed by atoms with Crippen LogP contribution in [0, 0.1) is 6.92 Å². The number of ether oxygens (including phenoxy) is 2. The van der Waals surface area contributed by atoms with Gasteiger partial charge in [0, 0.05) is 10.0 Å². The number of rotatable bonds is 8. The molecule has 1 aliphatic rings. The zero-order valence-corrected chi connectivity index (χ0v) is 24.6. The molecule has 10 heteroatoms. The van der Waals surface area contributed by atoms with Gasteiger partial charge in [-0.1, -0.05) is 69.7 Å². The number of aromatic nitrogens is 1. The van der Waals surface area contributed by atoms with Crippen LogP contribution in [-0.2, 0) is 20.9 Å². The van der Waals surface area contributed by atoms with Crippen molar-refractivity contribution in [3.05, 3.63) is 116 Å². The summed E-state index contributed by atoms with van der Waals surface area (Å²) in [5.74, 6) is -2.01. The van der Waals surface area contributed by atoms with Crippen molar-refractivity contribution in [2.24, 2.45) is 0 Å². The van der Waals surface area contributed by atoms with E-state index in [0.717, 1.165) is 21.4 Å². The second kappa shape index (κ2) is 12.1. The molecule has 1 aliphatic heterocycles. The van der Waals surface area contributed by atoms with Crippen LogP contribution < -0.4 is 9.64 Å². The largest absolute Gasteiger partial charge is 0.507 e. The molecular formula is C31H25BrN2O6S. The standard InChI is InChI=1S/C31H25BrN2O6S/c1-3-39-30(38)28-18(2)33-31(41-28)34-25(20-9-13-22(32)14-10-20)24(27(36)29(34)37)26(35)21-11-15-23(16-12-21)40-17-19-7-5-4-6-8-19/h4-16,25,35H,3,17H2,1-2H3/b26-24+. The number of carbonyl (C=O) groups is 3. The molecular weight excluding hydrogens is 608 g/mol. The molecule has 2 heterocycles. The van der Waals surface area contributed by atoms with E-state index in [0.29, 0.717) is 29.2 Å². The Labute approximate surface area is 249 Å². The molecule has 0 saturated carbocycles. The summed E-state index contributed by atoms with van der Waals surface area (Å²) < 4.78 is 11.8. The van der Waals surface area contributed by atoms with E-state index in [-0.39, 0.29) is 27.9 Å². The van der Waals surface area contributed by atoms with Crippen molar-refractivity contribution < 1.29 is 29.0 Å². The number of aryl methyl sites for hydroxylation is 1. The first-order chi connectivity index (χ1) is 19.8. The highest BCUT2D eigenvalue weighted by Gasteiger charge is 2.48. The lowest BCUT2D eigenvalue weighted by Gasteiger charge is -2.23. The summed E-state index contributed by atoms with van der Waals surface area (Å²) in [7, 11) is 0. The van der Waals surface area contributed by atoms with Gasteiger partial charge in [0.05, 0.1) is 23.9 Å². The van der Waals surface area contributed by atoms with Gasteiger partial charge in [0.15, 0.2) is 5.13 Å². The maximum atomic E-state index is 13.5. The molecule has 41 heavy (non-hydrogen) atoms. The van der Waals surface area contributed by atoms with Crippen molar-refractivity contribution in [2.45, 2.75) is 26.5 Å². The van der Waals surface area contributed by atoms with Gasteiger partial charge in [0.25, 0.3) is 5.78 Å². The Balaban J connectivity index is 1.53. The topological polar surface area (TPSA) is 106 Å². The molecule has 1 amide bonds. The molecule has 208 valence electrons. The second-order valence-electron chi connectivity index (χ2n) is 9.15. The zero-order valence-electron chi connectivity index (χ0n) is 22.2. The van der Waals surface area contributed by atoms with Gasteiger partial charge in [0.1, 0.15) is 23.0 Å². The van der Waals surface area contributed by atoms with Gasteiger partial charge in [-0.3, -0.25) is 14.5 Å². The molecule has 0 bridgehead atoms. The van der Waals surface area contributed by atoms with Crippen molar-refractivity contribution >= 4 is 55.8 Å². The Hall–Kier alpha value is -4.28. The zero-order chi connectivity index (χ0) is 29.1. The van der Waals surface area contributed by atoms with E-state index in [1.165, 1.54) is 4.90 Å². The Bertz CT molecular complexity index is 1630. The number of benzene rings is 3. The molecule has 3 aromatic carbocycles. The van der Waals surface area contributed by atoms with Crippen molar-refractivity contribution in [1.82, 2.24) is 4.98 Å². The highest BCUT2D eigenvalue weighted by atomic mass is 79.9. The van der Waals surface area contributed by atoms with E-state index in [1.54, 1.807) is 62.4 Å². The van der Waals surface area contributed by atoms with Crippen LogP contribution in [0.15, 0.2) is 88.9 Å². The van der Waals surface area contributed by atoms with Crippen LogP contribution in [0.5, 0.6) is 5.75 Å². The van der Waals surface area contributed by atoms with Gasteiger partial charge in [-0.05, 0) is 61.4 Å². The lowest BCUT2D eigenvalue weighted by molar-refractivity contribution is -0.132. The molecule has 1 saturated heterocycles. The number of esters is 1. The highest BCUT2D eigenvalue weighted by Crippen LogP contribution is 2.44. The van der Waals surface area contributed by atoms with Gasteiger partial charge in [-0.2, -0.15) is 0 Å². The summed E-state index contributed by atoms with van der Waals surface area (Å²) >= 11 is 4.38. The summed E-state index contributed by atoms with van der Waals surface area (Å²) in [5, 5.41) is 11.6. The fraction of sp³-hybridized carbons (Fsp3) is 0.161. The third-order valence-electron chi connectivity index (χ3n) is 6.46. The Kier molecular flexibility index (Phi) is 8.32. The summed E-state index contributed by atoms with van der Waals surface area (Å²) in [5.41, 5.74) is 2.24. The van der Waals surface area contributed by atoms with Gasteiger partial charge < -0.3 is 14.6 Å². The number of aliphatic hydroxyl groups excluding tert-OH is 1. The van der Waals surface area contributed by atoms with Crippen molar-refractivity contribution in [1.29, 1.82) is 0 Å². The summed E-state index contributed by atoms with van der Waals surface area (Å²) in [6, 6.07) is 22.5. The van der Waals surface area contributed by atoms with E-state index in [4.69, 9.17) is 9.47 Å². The minimum atomic E-state index is -0.974. The lowest BCUT2D eigenvalue weighted by atomic mass is 9.95. The minimum Gasteiger partial charge on any atom is -0.507 e. The van der Waals surface area contributed by atoms with Gasteiger partial charge in [-0.25, -0.2) is 9.78 Å². The number of carbonyl (C=O) groups excluding carboxylic acids is 3. The summed E-state index contributed by atoms with van der Waals surface area (Å²) in [6.07, 6.45) is 0. The normalized spacial score (nSPS) is 16.2. The van der Waals surface area contributed by atoms with Gasteiger partial charge >= 0.3 is 11.9 Å². The molecule has 0 spiro atoms. The predicted octanol–water partition coefficient (Wildman–Crippen LogP) is 6.60. The number of nitrogens with zero attached hydrogens (tertiary/aromatic N) is 2. The van der Waals surface area contributed by atoms with E-state index in [2.05, 4.69) is 20.9 Å². The Morgan fingerprint density at radius 1 is 1.02 bits per heavy atom. The molecule has 5 rings (SSSR count). The molecule has 1 aromatic heterocycles. The SMILES string of the molecule is CCOC(=O)c1sc(N2C(=O)C(=O)/C(=C(/O)c3ccc(OCc4ccccc4)cc3)C2c2ccc(Br)cc2)nc1C. The van der Waals surface area contributed by atoms with Crippen molar-refractivity contribution in [3.63, 3.8) is 0 Å². The maximum Gasteiger partial charge on any atom is 0.350 e. The first-order valence-electron chi connectivity index (χ1n) is 12.8. The smallest absolute Gasteiger partial charge is 0.350 e. The Morgan fingerprint density at radius 3 is 2.37 bits per heavy atom. The molecule has 1 atom stereocenters. The Morgan fingerprint density at radius 2 is 1.71 bits per heavy atom. The van der Waals surface area contributed by atoms with Crippen LogP contribution in [0.4, 0.5) is 5.13 Å². The monoisotopic (exact) mass is 632 g/mol. The van der Waals surface area contributed by atoms with Gasteiger partial charge in [-0.15, -0.1) is 0 Å². The molecule has 8 nitrogen and oxygen atoms in total. The first kappa shape index (κ1) is 28.3. The molecule has 0 aliphatic carbocycles. The molecule has 0 radical (unpaired) electrons. The van der Waals surface area contributed by atoms with E-state index >= 15 is 0 Å². The van der Waals surface area contributed by atoms with Gasteiger partial charge in [0.2, 0.25) is 0 Å². The van der Waals surface area contributed by atoms with Crippen molar-refractivity contribution in [2.75, 3.05) is 11.5 Å². The third-order valence-corrected chi connectivity index (χ3v) is 8.12. The fourth-order valence-corrected chi connectivity index (χ4v) is 5.72. The quantitative estimate of drug-likeness (QED) is 0.101. The summed E-state index contributed by atoms with van der Waals surface area (Å²) in [6.45, 7) is 3.90. The number of aliphatic hydroxyl groups is 1. The number of Topliss-reactive ketones (excluding diaryl/α,β-unsaturated/α-hetero) is 1. The van der Waals surface area contributed by atoms with E-state index in [1.807, 2.05) is 30.3 Å². The lowest BCUT2D eigenvalue weighted by Crippen LogP contribution is -2.29. The molecule has 1 fully saturated rings. The van der Waals surface area contributed by atoms with Crippen LogP contribution in [0.3, 0.4) is 0 Å². The number of hydrogen-bond donors (Lipinski definition) is 1. The third kappa shape index (κ3) is 5.79. The average Bonchev–Trinajstić information content (AvgIpc) is 3.49. The number of hydrogen-bond acceptors (Lipinski definition) is 8. The van der Waals surface area contributed by atoms with Crippen molar-refractivity contribution in [3.8, 4) is 5.75 Å². The van der Waals surface area contributed by atoms with E-state index < -0.39 is 23.7 Å².